The van der Waals surface area contributed by atoms with Gasteiger partial charge in [0.05, 0.1) is 5.60 Å². The molecule has 13 heavy (non-hydrogen) atoms. The van der Waals surface area contributed by atoms with E-state index in [-0.39, 0.29) is 5.60 Å². The lowest BCUT2D eigenvalue weighted by atomic mass is 9.64. The third-order valence-electron chi connectivity index (χ3n) is 4.10. The molecule has 1 heteroatoms. The highest BCUT2D eigenvalue weighted by molar-refractivity contribution is 4.93. The van der Waals surface area contributed by atoms with Crippen molar-refractivity contribution in [1.82, 2.24) is 0 Å². The Hall–Kier alpha value is -0.0400. The molecule has 2 aliphatic carbocycles. The maximum Gasteiger partial charge on any atom is 0.0653 e. The molecule has 1 N–H and O–H groups in total. The van der Waals surface area contributed by atoms with Gasteiger partial charge in [0.15, 0.2) is 0 Å². The molecule has 0 unspecified atom stereocenters. The van der Waals surface area contributed by atoms with Crippen LogP contribution in [-0.2, 0) is 0 Å². The van der Waals surface area contributed by atoms with E-state index in [9.17, 15) is 5.11 Å². The van der Waals surface area contributed by atoms with E-state index in [1.165, 1.54) is 38.5 Å². The first kappa shape index (κ1) is 9.51. The van der Waals surface area contributed by atoms with Gasteiger partial charge >= 0.3 is 0 Å². The van der Waals surface area contributed by atoms with E-state index in [1.54, 1.807) is 0 Å². The van der Waals surface area contributed by atoms with Crippen molar-refractivity contribution in [2.75, 3.05) is 0 Å². The normalized spacial score (nSPS) is 46.6. The zero-order valence-corrected chi connectivity index (χ0v) is 8.81. The van der Waals surface area contributed by atoms with Crippen molar-refractivity contribution in [3.63, 3.8) is 0 Å². The van der Waals surface area contributed by atoms with Gasteiger partial charge in [0.25, 0.3) is 0 Å². The van der Waals surface area contributed by atoms with Gasteiger partial charge in [-0.3, -0.25) is 0 Å². The van der Waals surface area contributed by atoms with E-state index in [0.29, 0.717) is 5.41 Å². The lowest BCUT2D eigenvalue weighted by Gasteiger charge is -2.45. The lowest BCUT2D eigenvalue weighted by molar-refractivity contribution is -0.0607. The number of hydrogen-bond acceptors (Lipinski definition) is 1. The summed E-state index contributed by atoms with van der Waals surface area (Å²) in [5, 5.41) is 10.4. The van der Waals surface area contributed by atoms with Crippen LogP contribution in [0.15, 0.2) is 0 Å². The minimum absolute atomic E-state index is 0.284. The van der Waals surface area contributed by atoms with Crippen LogP contribution in [0.25, 0.3) is 0 Å². The lowest BCUT2D eigenvalue weighted by Crippen LogP contribution is -2.41. The molecule has 2 saturated carbocycles. The third-order valence-corrected chi connectivity index (χ3v) is 4.10. The summed E-state index contributed by atoms with van der Waals surface area (Å²) in [5.74, 6) is 0. The van der Waals surface area contributed by atoms with Crippen molar-refractivity contribution in [1.29, 1.82) is 0 Å². The molecule has 0 spiro atoms. The molecule has 0 heterocycles. The van der Waals surface area contributed by atoms with E-state index < -0.39 is 0 Å². The second kappa shape index (κ2) is 3.27. The molecule has 2 fully saturated rings. The first-order chi connectivity index (χ1) is 6.12. The Morgan fingerprint density at radius 1 is 0.846 bits per heavy atom. The highest BCUT2D eigenvalue weighted by atomic mass is 16.3. The van der Waals surface area contributed by atoms with Crippen LogP contribution in [0.1, 0.15) is 64.7 Å². The van der Waals surface area contributed by atoms with E-state index in [1.807, 2.05) is 0 Å². The van der Waals surface area contributed by atoms with E-state index >= 15 is 0 Å². The molecule has 76 valence electrons. The van der Waals surface area contributed by atoms with Gasteiger partial charge in [-0.15, -0.1) is 0 Å². The van der Waals surface area contributed by atoms with Crippen LogP contribution in [0.5, 0.6) is 0 Å². The molecule has 1 nitrogen and oxygen atoms in total. The second-order valence-electron chi connectivity index (χ2n) is 5.63. The first-order valence-corrected chi connectivity index (χ1v) is 5.84. The molecule has 0 radical (unpaired) electrons. The van der Waals surface area contributed by atoms with Crippen LogP contribution in [0.4, 0.5) is 0 Å². The van der Waals surface area contributed by atoms with Crippen molar-refractivity contribution >= 4 is 0 Å². The van der Waals surface area contributed by atoms with Crippen LogP contribution in [0.3, 0.4) is 0 Å². The molecule has 0 saturated heterocycles. The first-order valence-electron chi connectivity index (χ1n) is 5.84. The maximum atomic E-state index is 10.4. The average Bonchev–Trinajstić information content (AvgIpc) is 2.01. The van der Waals surface area contributed by atoms with E-state index in [4.69, 9.17) is 0 Å². The van der Waals surface area contributed by atoms with Gasteiger partial charge in [-0.05, 0) is 37.5 Å². The molecule has 0 amide bonds. The molecule has 2 aliphatic rings. The topological polar surface area (TPSA) is 20.2 Å². The summed E-state index contributed by atoms with van der Waals surface area (Å²) >= 11 is 0. The average molecular weight is 182 g/mol. The number of aliphatic hydroxyl groups is 1. The van der Waals surface area contributed by atoms with Crippen molar-refractivity contribution in [2.24, 2.45) is 5.41 Å². The van der Waals surface area contributed by atoms with Crippen LogP contribution in [0.2, 0.25) is 0 Å². The summed E-state index contributed by atoms with van der Waals surface area (Å²) in [5.41, 5.74) is 0.181. The Morgan fingerprint density at radius 3 is 2.31 bits per heavy atom. The van der Waals surface area contributed by atoms with Gasteiger partial charge in [0.2, 0.25) is 0 Å². The Kier molecular flexibility index (Phi) is 2.39. The van der Waals surface area contributed by atoms with E-state index in [2.05, 4.69) is 6.92 Å². The van der Waals surface area contributed by atoms with Crippen LogP contribution in [0, 0.1) is 5.41 Å². The van der Waals surface area contributed by atoms with Crippen LogP contribution >= 0.6 is 0 Å². The minimum atomic E-state index is -0.284. The van der Waals surface area contributed by atoms with Gasteiger partial charge in [-0.2, -0.15) is 0 Å². The Labute approximate surface area is 81.5 Å². The van der Waals surface area contributed by atoms with Crippen molar-refractivity contribution in [3.8, 4) is 0 Å². The molecular weight excluding hydrogens is 160 g/mol. The number of rotatable bonds is 0. The summed E-state index contributed by atoms with van der Waals surface area (Å²) in [4.78, 5) is 0. The molecule has 0 aliphatic heterocycles. The van der Waals surface area contributed by atoms with Crippen LogP contribution < -0.4 is 0 Å². The van der Waals surface area contributed by atoms with Gasteiger partial charge in [-0.25, -0.2) is 0 Å². The highest BCUT2D eigenvalue weighted by Gasteiger charge is 2.41. The molecule has 2 bridgehead atoms. The molecule has 2 rings (SSSR count). The summed E-state index contributed by atoms with van der Waals surface area (Å²) in [6.45, 7) is 2.38. The largest absolute Gasteiger partial charge is 0.390 e. The minimum Gasteiger partial charge on any atom is -0.390 e. The summed E-state index contributed by atoms with van der Waals surface area (Å²) in [6.07, 6.45) is 11.1. The van der Waals surface area contributed by atoms with Gasteiger partial charge in [0.1, 0.15) is 0 Å². The molecule has 2 atom stereocenters. The number of hydrogen-bond donors (Lipinski definition) is 1. The van der Waals surface area contributed by atoms with Crippen molar-refractivity contribution in [3.05, 3.63) is 0 Å². The molecule has 0 aromatic rings. The van der Waals surface area contributed by atoms with Gasteiger partial charge in [0, 0.05) is 0 Å². The quantitative estimate of drug-likeness (QED) is 0.609. The Bertz CT molecular complexity index is 172. The SMILES string of the molecule is C[C@]12CCCCC[C@](O)(CCC1)C2. The zero-order chi connectivity index (χ0) is 9.36. The summed E-state index contributed by atoms with van der Waals surface area (Å²) < 4.78 is 0. The third kappa shape index (κ3) is 2.07. The Morgan fingerprint density at radius 2 is 1.46 bits per heavy atom. The Balaban J connectivity index is 2.11. The van der Waals surface area contributed by atoms with Crippen molar-refractivity contribution in [2.45, 2.75) is 70.3 Å². The van der Waals surface area contributed by atoms with Gasteiger partial charge in [-0.1, -0.05) is 32.6 Å². The molecule has 0 aromatic carbocycles. The van der Waals surface area contributed by atoms with E-state index in [0.717, 1.165) is 19.3 Å². The summed E-state index contributed by atoms with van der Waals surface area (Å²) in [6, 6.07) is 0. The number of fused-ring (bicyclic) bond motifs is 2. The predicted octanol–water partition coefficient (Wildman–Crippen LogP) is 3.26. The monoisotopic (exact) mass is 182 g/mol. The predicted molar refractivity (Wildman–Crippen MR) is 54.6 cm³/mol. The second-order valence-corrected chi connectivity index (χ2v) is 5.63. The van der Waals surface area contributed by atoms with Crippen molar-refractivity contribution < 1.29 is 5.11 Å². The smallest absolute Gasteiger partial charge is 0.0653 e. The van der Waals surface area contributed by atoms with Crippen LogP contribution in [-0.4, -0.2) is 10.7 Å². The fourth-order valence-corrected chi connectivity index (χ4v) is 3.42. The fourth-order valence-electron chi connectivity index (χ4n) is 3.42. The zero-order valence-electron chi connectivity index (χ0n) is 8.81. The highest BCUT2D eigenvalue weighted by Crippen LogP contribution is 2.47. The fraction of sp³-hybridized carbons (Fsp3) is 1.00. The molecular formula is C12H22O. The maximum absolute atomic E-state index is 10.4. The summed E-state index contributed by atoms with van der Waals surface area (Å²) in [7, 11) is 0. The van der Waals surface area contributed by atoms with Gasteiger partial charge < -0.3 is 5.11 Å². The standard InChI is InChI=1S/C12H22O/c1-11-6-3-2-4-8-12(13,10-11)9-5-7-11/h13H,2-10H2,1H3/t11-,12-/m0/s1. The molecule has 0 aromatic heterocycles.